The van der Waals surface area contributed by atoms with Crippen LogP contribution in [0, 0.1) is 5.41 Å². The second-order valence-electron chi connectivity index (χ2n) is 9.74. The van der Waals surface area contributed by atoms with Crippen molar-refractivity contribution >= 4 is 35.0 Å². The lowest BCUT2D eigenvalue weighted by Crippen LogP contribution is -2.38. The van der Waals surface area contributed by atoms with Gasteiger partial charge in [0.25, 0.3) is 0 Å². The number of ketones is 1. The summed E-state index contributed by atoms with van der Waals surface area (Å²) in [5.74, 6) is -0.198. The highest BCUT2D eigenvalue weighted by atomic mass is 35.5. The largest absolute Gasteiger partial charge is 0.489 e. The molecule has 0 amide bonds. The van der Waals surface area contributed by atoms with Gasteiger partial charge in [-0.1, -0.05) is 55.2 Å². The molecule has 184 valence electrons. The molecule has 1 atom stereocenters. The average Bonchev–Trinajstić information content (AvgIpc) is 2.77. The normalized spacial score (nSPS) is 19.3. The molecule has 0 saturated heterocycles. The van der Waals surface area contributed by atoms with Gasteiger partial charge in [0.2, 0.25) is 0 Å². The molecule has 0 spiro atoms. The third-order valence-electron chi connectivity index (χ3n) is 6.36. The highest BCUT2D eigenvalue weighted by Crippen LogP contribution is 2.47. The molecule has 35 heavy (non-hydrogen) atoms. The summed E-state index contributed by atoms with van der Waals surface area (Å²) in [5, 5.41) is 4.46. The molecule has 1 unspecified atom stereocenters. The lowest BCUT2D eigenvalue weighted by Gasteiger charge is -2.39. The molecule has 0 fully saturated rings. The molecular formula is C28H29Cl2NO4. The molecule has 1 N–H and O–H groups in total. The Bertz CT molecular complexity index is 1230. The molecule has 2 aromatic carbocycles. The maximum absolute atomic E-state index is 13.3. The highest BCUT2D eigenvalue weighted by molar-refractivity contribution is 6.35. The smallest absolute Gasteiger partial charge is 0.336 e. The van der Waals surface area contributed by atoms with E-state index >= 15 is 0 Å². The Morgan fingerprint density at radius 1 is 1.11 bits per heavy atom. The highest BCUT2D eigenvalue weighted by Gasteiger charge is 2.43. The van der Waals surface area contributed by atoms with Crippen molar-refractivity contribution in [2.75, 3.05) is 6.61 Å². The number of esters is 1. The molecule has 0 radical (unpaired) electrons. The van der Waals surface area contributed by atoms with Crippen molar-refractivity contribution < 1.29 is 19.1 Å². The summed E-state index contributed by atoms with van der Waals surface area (Å²) >= 11 is 12.2. The van der Waals surface area contributed by atoms with E-state index < -0.39 is 11.9 Å². The second kappa shape index (κ2) is 10.1. The predicted octanol–water partition coefficient (Wildman–Crippen LogP) is 6.74. The van der Waals surface area contributed by atoms with Crippen LogP contribution in [0.3, 0.4) is 0 Å². The average molecular weight is 514 g/mol. The maximum Gasteiger partial charge on any atom is 0.336 e. The van der Waals surface area contributed by atoms with E-state index in [1.165, 1.54) is 0 Å². The van der Waals surface area contributed by atoms with Gasteiger partial charge in [-0.25, -0.2) is 4.79 Å². The minimum Gasteiger partial charge on any atom is -0.489 e. The fourth-order valence-corrected chi connectivity index (χ4v) is 5.27. The summed E-state index contributed by atoms with van der Waals surface area (Å²) in [6.07, 6.45) is 1.17. The van der Waals surface area contributed by atoms with Crippen LogP contribution in [0.5, 0.6) is 5.75 Å². The van der Waals surface area contributed by atoms with Crippen LogP contribution in [0.4, 0.5) is 0 Å². The molecular weight excluding hydrogens is 485 g/mol. The number of halogens is 2. The van der Waals surface area contributed by atoms with E-state index in [1.54, 1.807) is 19.1 Å². The van der Waals surface area contributed by atoms with Crippen LogP contribution < -0.4 is 10.1 Å². The molecule has 7 heteroatoms. The van der Waals surface area contributed by atoms with Crippen LogP contribution in [0.25, 0.3) is 0 Å². The quantitative estimate of drug-likeness (QED) is 0.433. The molecule has 0 aromatic heterocycles. The topological polar surface area (TPSA) is 64.6 Å². The zero-order valence-electron chi connectivity index (χ0n) is 20.3. The number of allylic oxidation sites excluding steroid dienone is 3. The van der Waals surface area contributed by atoms with E-state index in [0.29, 0.717) is 40.0 Å². The van der Waals surface area contributed by atoms with Crippen molar-refractivity contribution in [3.8, 4) is 5.75 Å². The van der Waals surface area contributed by atoms with E-state index in [1.807, 2.05) is 37.3 Å². The van der Waals surface area contributed by atoms with E-state index in [9.17, 15) is 9.59 Å². The van der Waals surface area contributed by atoms with E-state index in [4.69, 9.17) is 32.7 Å². The van der Waals surface area contributed by atoms with Gasteiger partial charge >= 0.3 is 5.97 Å². The first kappa shape index (κ1) is 25.3. The molecule has 0 saturated carbocycles. The fraction of sp³-hybridized carbons (Fsp3) is 0.357. The molecule has 5 nitrogen and oxygen atoms in total. The number of rotatable bonds is 6. The van der Waals surface area contributed by atoms with Crippen LogP contribution >= 0.6 is 23.2 Å². The summed E-state index contributed by atoms with van der Waals surface area (Å²) in [7, 11) is 0. The minimum atomic E-state index is -0.492. The third-order valence-corrected chi connectivity index (χ3v) is 6.94. The lowest BCUT2D eigenvalue weighted by molar-refractivity contribution is -0.138. The SMILES string of the molecule is CCOC(=O)C1=C(C)NC2=C(C(=O)CC(C)(C)C2)C1c1ccc(OCc2ccc(Cl)cc2Cl)cc1. The summed E-state index contributed by atoms with van der Waals surface area (Å²) < 4.78 is 11.3. The molecule has 2 aliphatic rings. The number of carbonyl (C=O) groups is 2. The van der Waals surface area contributed by atoms with Gasteiger partial charge in [0.05, 0.1) is 12.2 Å². The predicted molar refractivity (Wildman–Crippen MR) is 137 cm³/mol. The molecule has 0 bridgehead atoms. The maximum atomic E-state index is 13.3. The Balaban J connectivity index is 1.66. The Morgan fingerprint density at radius 3 is 2.49 bits per heavy atom. The standard InChI is InChI=1S/C28H29Cl2NO4/c1-5-34-27(33)24-16(2)31-22-13-28(3,4)14-23(32)26(22)25(24)17-7-10-20(11-8-17)35-15-18-6-9-19(29)12-21(18)30/h6-12,25,31H,5,13-15H2,1-4H3. The van der Waals surface area contributed by atoms with Crippen molar-refractivity contribution in [1.82, 2.24) is 5.32 Å². The summed E-state index contributed by atoms with van der Waals surface area (Å²) in [4.78, 5) is 26.3. The Kier molecular flexibility index (Phi) is 7.30. The minimum absolute atomic E-state index is 0.0563. The van der Waals surface area contributed by atoms with Gasteiger partial charge < -0.3 is 14.8 Å². The molecule has 1 heterocycles. The van der Waals surface area contributed by atoms with Crippen LogP contribution in [-0.4, -0.2) is 18.4 Å². The summed E-state index contributed by atoms with van der Waals surface area (Å²) in [6.45, 7) is 8.36. The molecule has 1 aliphatic carbocycles. The van der Waals surface area contributed by atoms with Gasteiger partial charge in [0, 0.05) is 44.9 Å². The Labute approximate surface area is 216 Å². The van der Waals surface area contributed by atoms with Crippen LogP contribution in [-0.2, 0) is 20.9 Å². The third kappa shape index (κ3) is 5.41. The van der Waals surface area contributed by atoms with Gasteiger partial charge in [-0.15, -0.1) is 0 Å². The number of ether oxygens (including phenoxy) is 2. The monoisotopic (exact) mass is 513 g/mol. The number of nitrogens with one attached hydrogen (secondary N) is 1. The van der Waals surface area contributed by atoms with Crippen molar-refractivity contribution in [1.29, 1.82) is 0 Å². The lowest BCUT2D eigenvalue weighted by atomic mass is 9.68. The summed E-state index contributed by atoms with van der Waals surface area (Å²) in [5.41, 5.74) is 4.25. The Hall–Kier alpha value is -2.76. The fourth-order valence-electron chi connectivity index (χ4n) is 4.81. The zero-order chi connectivity index (χ0) is 25.3. The van der Waals surface area contributed by atoms with Gasteiger partial charge in [0.1, 0.15) is 12.4 Å². The van der Waals surface area contributed by atoms with Crippen LogP contribution in [0.15, 0.2) is 65.0 Å². The van der Waals surface area contributed by atoms with Crippen molar-refractivity contribution in [3.05, 3.63) is 86.2 Å². The van der Waals surface area contributed by atoms with E-state index in [-0.39, 0.29) is 17.8 Å². The number of hydrogen-bond donors (Lipinski definition) is 1. The number of dihydropyridines is 1. The van der Waals surface area contributed by atoms with E-state index in [2.05, 4.69) is 19.2 Å². The van der Waals surface area contributed by atoms with Crippen LogP contribution in [0.1, 0.15) is 57.6 Å². The van der Waals surface area contributed by atoms with Gasteiger partial charge in [-0.3, -0.25) is 4.79 Å². The van der Waals surface area contributed by atoms with Gasteiger partial charge in [-0.05, 0) is 55.5 Å². The first-order chi connectivity index (χ1) is 16.6. The summed E-state index contributed by atoms with van der Waals surface area (Å²) in [6, 6.07) is 12.8. The van der Waals surface area contributed by atoms with Crippen molar-refractivity contribution in [3.63, 3.8) is 0 Å². The molecule has 1 aliphatic heterocycles. The second-order valence-corrected chi connectivity index (χ2v) is 10.6. The van der Waals surface area contributed by atoms with Crippen molar-refractivity contribution in [2.24, 2.45) is 5.41 Å². The number of Topliss-reactive ketones (excluding diaryl/α,β-unsaturated/α-hetero) is 1. The Morgan fingerprint density at radius 2 is 1.83 bits per heavy atom. The number of carbonyl (C=O) groups excluding carboxylic acids is 2. The number of benzene rings is 2. The van der Waals surface area contributed by atoms with Gasteiger partial charge in [-0.2, -0.15) is 0 Å². The van der Waals surface area contributed by atoms with Gasteiger partial charge in [0.15, 0.2) is 5.78 Å². The van der Waals surface area contributed by atoms with Crippen LogP contribution in [0.2, 0.25) is 10.0 Å². The zero-order valence-corrected chi connectivity index (χ0v) is 21.8. The molecule has 2 aromatic rings. The first-order valence-corrected chi connectivity index (χ1v) is 12.4. The van der Waals surface area contributed by atoms with Crippen molar-refractivity contribution in [2.45, 2.75) is 53.1 Å². The molecule has 4 rings (SSSR count). The first-order valence-electron chi connectivity index (χ1n) is 11.7. The number of hydrogen-bond acceptors (Lipinski definition) is 5. The van der Waals surface area contributed by atoms with E-state index in [0.717, 1.165) is 28.9 Å².